The first-order valence-corrected chi connectivity index (χ1v) is 6.80. The summed E-state index contributed by atoms with van der Waals surface area (Å²) in [5.74, 6) is -0.0656. The van der Waals surface area contributed by atoms with Gasteiger partial charge in [-0.15, -0.1) is 12.4 Å². The van der Waals surface area contributed by atoms with E-state index >= 15 is 0 Å². The van der Waals surface area contributed by atoms with Crippen LogP contribution in [0, 0.1) is 0 Å². The predicted molar refractivity (Wildman–Crippen MR) is 85.5 cm³/mol. The molecule has 0 aliphatic carbocycles. The van der Waals surface area contributed by atoms with Gasteiger partial charge in [0, 0.05) is 20.2 Å². The fourth-order valence-corrected chi connectivity index (χ4v) is 1.78. The number of carbonyl (C=O) groups excluding carboxylic acids is 1. The van der Waals surface area contributed by atoms with Crippen LogP contribution >= 0.6 is 12.4 Å². The van der Waals surface area contributed by atoms with Gasteiger partial charge in [-0.3, -0.25) is 4.79 Å². The SMILES string of the molecule is COCCOCCN(Cc1ccccc1)C(=O)[C@@H](C)N.Cl. The molecule has 0 aromatic heterocycles. The lowest BCUT2D eigenvalue weighted by Crippen LogP contribution is -2.43. The highest BCUT2D eigenvalue weighted by atomic mass is 35.5. The third-order valence-corrected chi connectivity index (χ3v) is 2.85. The molecular weight excluding hydrogens is 292 g/mol. The number of ether oxygens (including phenoxy) is 2. The molecule has 6 heteroatoms. The van der Waals surface area contributed by atoms with Crippen molar-refractivity contribution in [2.75, 3.05) is 33.5 Å². The second-order valence-corrected chi connectivity index (χ2v) is 4.64. The molecule has 21 heavy (non-hydrogen) atoms. The number of rotatable bonds is 9. The topological polar surface area (TPSA) is 64.8 Å². The third kappa shape index (κ3) is 8.02. The molecule has 0 spiro atoms. The molecule has 0 saturated carbocycles. The number of nitrogens with zero attached hydrogens (tertiary/aromatic N) is 1. The Balaban J connectivity index is 0.00000400. The number of benzene rings is 1. The zero-order chi connectivity index (χ0) is 14.8. The Morgan fingerprint density at radius 2 is 1.90 bits per heavy atom. The summed E-state index contributed by atoms with van der Waals surface area (Å²) in [5, 5.41) is 0. The smallest absolute Gasteiger partial charge is 0.239 e. The Morgan fingerprint density at radius 1 is 1.24 bits per heavy atom. The van der Waals surface area contributed by atoms with Crippen molar-refractivity contribution < 1.29 is 14.3 Å². The van der Waals surface area contributed by atoms with E-state index in [1.54, 1.807) is 18.9 Å². The van der Waals surface area contributed by atoms with Crippen molar-refractivity contribution in [3.05, 3.63) is 35.9 Å². The number of amides is 1. The maximum absolute atomic E-state index is 12.1. The van der Waals surface area contributed by atoms with Gasteiger partial charge >= 0.3 is 0 Å². The molecular formula is C15H25ClN2O3. The van der Waals surface area contributed by atoms with Gasteiger partial charge in [-0.1, -0.05) is 30.3 Å². The van der Waals surface area contributed by atoms with Crippen molar-refractivity contribution in [3.63, 3.8) is 0 Å². The first kappa shape index (κ1) is 19.9. The third-order valence-electron chi connectivity index (χ3n) is 2.85. The number of hydrogen-bond acceptors (Lipinski definition) is 4. The van der Waals surface area contributed by atoms with E-state index in [-0.39, 0.29) is 18.3 Å². The summed E-state index contributed by atoms with van der Waals surface area (Å²) in [7, 11) is 1.63. The summed E-state index contributed by atoms with van der Waals surface area (Å²) in [4.78, 5) is 13.8. The first-order chi connectivity index (χ1) is 9.65. The minimum absolute atomic E-state index is 0. The van der Waals surface area contributed by atoms with Crippen LogP contribution in [0.15, 0.2) is 30.3 Å². The van der Waals surface area contributed by atoms with Gasteiger partial charge < -0.3 is 20.1 Å². The quantitative estimate of drug-likeness (QED) is 0.700. The fourth-order valence-electron chi connectivity index (χ4n) is 1.78. The standard InChI is InChI=1S/C15H24N2O3.ClH/c1-13(16)15(18)17(8-9-20-11-10-19-2)12-14-6-4-3-5-7-14;/h3-7,13H,8-12,16H2,1-2H3;1H/t13-;/m1./s1. The molecule has 1 amide bonds. The van der Waals surface area contributed by atoms with Gasteiger partial charge in [0.2, 0.25) is 5.91 Å². The number of carbonyl (C=O) groups is 1. The lowest BCUT2D eigenvalue weighted by atomic mass is 10.2. The molecule has 0 aliphatic heterocycles. The molecule has 0 fully saturated rings. The first-order valence-electron chi connectivity index (χ1n) is 6.80. The highest BCUT2D eigenvalue weighted by molar-refractivity contribution is 5.85. The van der Waals surface area contributed by atoms with Crippen molar-refractivity contribution >= 4 is 18.3 Å². The number of methoxy groups -OCH3 is 1. The van der Waals surface area contributed by atoms with Crippen LogP contribution in [-0.4, -0.2) is 50.3 Å². The van der Waals surface area contributed by atoms with E-state index in [0.717, 1.165) is 5.56 Å². The summed E-state index contributed by atoms with van der Waals surface area (Å²) in [6.45, 7) is 4.34. The Kier molecular flexibility index (Phi) is 10.9. The van der Waals surface area contributed by atoms with Crippen LogP contribution in [-0.2, 0) is 20.8 Å². The van der Waals surface area contributed by atoms with Crippen molar-refractivity contribution in [2.24, 2.45) is 5.73 Å². The highest BCUT2D eigenvalue weighted by Gasteiger charge is 2.17. The Morgan fingerprint density at radius 3 is 2.48 bits per heavy atom. The lowest BCUT2D eigenvalue weighted by Gasteiger charge is -2.24. The van der Waals surface area contributed by atoms with Crippen LogP contribution in [0.25, 0.3) is 0 Å². The molecule has 5 nitrogen and oxygen atoms in total. The van der Waals surface area contributed by atoms with Crippen LogP contribution < -0.4 is 5.73 Å². The van der Waals surface area contributed by atoms with E-state index in [4.69, 9.17) is 15.2 Å². The summed E-state index contributed by atoms with van der Waals surface area (Å²) in [6.07, 6.45) is 0. The van der Waals surface area contributed by atoms with E-state index < -0.39 is 6.04 Å². The van der Waals surface area contributed by atoms with Gasteiger partial charge in [-0.25, -0.2) is 0 Å². The Labute approximate surface area is 132 Å². The van der Waals surface area contributed by atoms with Crippen molar-refractivity contribution in [1.82, 2.24) is 4.90 Å². The van der Waals surface area contributed by atoms with Gasteiger partial charge in [-0.05, 0) is 12.5 Å². The molecule has 0 saturated heterocycles. The molecule has 0 unspecified atom stereocenters. The van der Waals surface area contributed by atoms with Crippen LogP contribution in [0.4, 0.5) is 0 Å². The van der Waals surface area contributed by atoms with Gasteiger partial charge in [0.25, 0.3) is 0 Å². The van der Waals surface area contributed by atoms with Crippen molar-refractivity contribution in [2.45, 2.75) is 19.5 Å². The molecule has 1 rings (SSSR count). The second-order valence-electron chi connectivity index (χ2n) is 4.64. The molecule has 2 N–H and O–H groups in total. The van der Waals surface area contributed by atoms with Gasteiger partial charge in [0.05, 0.1) is 25.9 Å². The van der Waals surface area contributed by atoms with E-state index in [0.29, 0.717) is 32.9 Å². The summed E-state index contributed by atoms with van der Waals surface area (Å²) < 4.78 is 10.3. The van der Waals surface area contributed by atoms with Crippen molar-refractivity contribution in [3.8, 4) is 0 Å². The molecule has 0 heterocycles. The zero-order valence-electron chi connectivity index (χ0n) is 12.7. The largest absolute Gasteiger partial charge is 0.382 e. The van der Waals surface area contributed by atoms with Crippen LogP contribution in [0.3, 0.4) is 0 Å². The van der Waals surface area contributed by atoms with Crippen LogP contribution in [0.1, 0.15) is 12.5 Å². The zero-order valence-corrected chi connectivity index (χ0v) is 13.5. The molecule has 1 aromatic rings. The Bertz CT molecular complexity index is 388. The van der Waals surface area contributed by atoms with Gasteiger partial charge in [0.1, 0.15) is 0 Å². The monoisotopic (exact) mass is 316 g/mol. The summed E-state index contributed by atoms with van der Waals surface area (Å²) >= 11 is 0. The number of nitrogens with two attached hydrogens (primary N) is 1. The molecule has 0 radical (unpaired) electrons. The average Bonchev–Trinajstić information content (AvgIpc) is 2.46. The van der Waals surface area contributed by atoms with Gasteiger partial charge in [-0.2, -0.15) is 0 Å². The molecule has 0 aliphatic rings. The van der Waals surface area contributed by atoms with E-state index in [1.165, 1.54) is 0 Å². The second kappa shape index (κ2) is 11.5. The van der Waals surface area contributed by atoms with Gasteiger partial charge in [0.15, 0.2) is 0 Å². The summed E-state index contributed by atoms with van der Waals surface area (Å²) in [5.41, 5.74) is 6.77. The van der Waals surface area contributed by atoms with E-state index in [2.05, 4.69) is 0 Å². The lowest BCUT2D eigenvalue weighted by molar-refractivity contribution is -0.133. The summed E-state index contributed by atoms with van der Waals surface area (Å²) in [6, 6.07) is 9.35. The normalized spacial score (nSPS) is 11.6. The fraction of sp³-hybridized carbons (Fsp3) is 0.533. The van der Waals surface area contributed by atoms with E-state index in [1.807, 2.05) is 30.3 Å². The van der Waals surface area contributed by atoms with E-state index in [9.17, 15) is 4.79 Å². The molecule has 120 valence electrons. The number of halogens is 1. The predicted octanol–water partition coefficient (Wildman–Crippen LogP) is 1.45. The maximum atomic E-state index is 12.1. The molecule has 0 bridgehead atoms. The molecule has 1 atom stereocenters. The van der Waals surface area contributed by atoms with Crippen molar-refractivity contribution in [1.29, 1.82) is 0 Å². The Hall–Kier alpha value is -1.14. The highest BCUT2D eigenvalue weighted by Crippen LogP contribution is 2.05. The van der Waals surface area contributed by atoms with Crippen LogP contribution in [0.5, 0.6) is 0 Å². The average molecular weight is 317 g/mol. The minimum Gasteiger partial charge on any atom is -0.382 e. The molecule has 1 aromatic carbocycles. The number of hydrogen-bond donors (Lipinski definition) is 1. The minimum atomic E-state index is -0.502. The van der Waals surface area contributed by atoms with Crippen LogP contribution in [0.2, 0.25) is 0 Å². The maximum Gasteiger partial charge on any atom is 0.239 e.